The highest BCUT2D eigenvalue weighted by Gasteiger charge is 2.38. The lowest BCUT2D eigenvalue weighted by atomic mass is 9.79. The molecule has 2 aromatic rings. The van der Waals surface area contributed by atoms with Crippen LogP contribution in [0.2, 0.25) is 0 Å². The number of likely N-dealkylation sites (tertiary alicyclic amines) is 1. The van der Waals surface area contributed by atoms with Crippen LogP contribution in [0.5, 0.6) is 0 Å². The van der Waals surface area contributed by atoms with Crippen molar-refractivity contribution in [2.75, 3.05) is 20.3 Å². The Morgan fingerprint density at radius 3 is 2.08 bits per heavy atom. The molecule has 2 heteroatoms. The number of benzene rings is 2. The molecule has 1 saturated heterocycles. The Bertz CT molecular complexity index is 823. The van der Waals surface area contributed by atoms with E-state index in [0.29, 0.717) is 19.1 Å². The van der Waals surface area contributed by atoms with Gasteiger partial charge in [0.1, 0.15) is 0 Å². The molecular formula is C36H60FN. The minimum Gasteiger partial charge on any atom is -0.299 e. The molecule has 0 amide bonds. The lowest BCUT2D eigenvalue weighted by molar-refractivity contribution is 0.0479. The summed E-state index contributed by atoms with van der Waals surface area (Å²) >= 11 is 0. The predicted molar refractivity (Wildman–Crippen MR) is 170 cm³/mol. The summed E-state index contributed by atoms with van der Waals surface area (Å²) in [6.07, 6.45) is 9.72. The molecule has 2 aromatic carbocycles. The third-order valence-corrected chi connectivity index (χ3v) is 7.57. The molecule has 0 radical (unpaired) electrons. The van der Waals surface area contributed by atoms with Crippen LogP contribution in [0.25, 0.3) is 0 Å². The second kappa shape index (κ2) is 21.9. The largest absolute Gasteiger partial charge is 0.299 e. The number of hydrogen-bond acceptors (Lipinski definition) is 1. The van der Waals surface area contributed by atoms with E-state index in [2.05, 4.69) is 87.7 Å². The third-order valence-electron chi connectivity index (χ3n) is 7.57. The summed E-state index contributed by atoms with van der Waals surface area (Å²) < 4.78 is 9.50. The molecule has 0 N–H and O–H groups in total. The maximum Gasteiger partial charge on any atom is 0.0785 e. The van der Waals surface area contributed by atoms with E-state index in [9.17, 15) is 4.39 Å². The van der Waals surface area contributed by atoms with E-state index in [0.717, 1.165) is 18.8 Å². The molecule has 0 aliphatic carbocycles. The first-order valence-corrected chi connectivity index (χ1v) is 15.4. The average Bonchev–Trinajstić information content (AvgIpc) is 2.96. The molecule has 0 bridgehead atoms. The monoisotopic (exact) mass is 525 g/mol. The molecule has 1 heterocycles. The highest BCUT2D eigenvalue weighted by Crippen LogP contribution is 2.38. The first-order valence-electron chi connectivity index (χ1n) is 15.4. The number of hydrogen-bond donors (Lipinski definition) is 0. The Morgan fingerprint density at radius 2 is 1.53 bits per heavy atom. The first-order chi connectivity index (χ1) is 18.5. The molecule has 3 atom stereocenters. The van der Waals surface area contributed by atoms with E-state index < -0.39 is 0 Å². The van der Waals surface area contributed by atoms with Crippen LogP contribution < -0.4 is 0 Å². The van der Waals surface area contributed by atoms with Gasteiger partial charge in [-0.1, -0.05) is 128 Å². The van der Waals surface area contributed by atoms with Gasteiger partial charge in [0.05, 0.1) is 7.18 Å². The molecule has 1 unspecified atom stereocenters. The molecule has 1 nitrogen and oxygen atoms in total. The number of rotatable bonds is 13. The Balaban J connectivity index is 0.00000213. The number of aryl methyl sites for hydroxylation is 2. The van der Waals surface area contributed by atoms with E-state index in [1.807, 2.05) is 27.7 Å². The molecule has 0 spiro atoms. The number of halogens is 1. The molecule has 0 saturated carbocycles. The lowest BCUT2D eigenvalue weighted by Crippen LogP contribution is -2.54. The van der Waals surface area contributed by atoms with Gasteiger partial charge in [0.25, 0.3) is 0 Å². The summed E-state index contributed by atoms with van der Waals surface area (Å²) in [5.41, 5.74) is 7.13. The summed E-state index contributed by atoms with van der Waals surface area (Å²) in [7, 11) is 0.500. The van der Waals surface area contributed by atoms with Crippen LogP contribution >= 0.6 is 0 Å². The smallest absolute Gasteiger partial charge is 0.0785 e. The summed E-state index contributed by atoms with van der Waals surface area (Å²) in [5.74, 6) is 1.50. The molecule has 0 aromatic heterocycles. The van der Waals surface area contributed by atoms with Crippen molar-refractivity contribution >= 4 is 0 Å². The van der Waals surface area contributed by atoms with E-state index in [4.69, 9.17) is 0 Å². The van der Waals surface area contributed by atoms with E-state index >= 15 is 0 Å². The summed E-state index contributed by atoms with van der Waals surface area (Å²) in [6, 6.07) is 19.2. The fourth-order valence-electron chi connectivity index (χ4n) is 4.93. The second-order valence-electron chi connectivity index (χ2n) is 10.3. The first kappa shape index (κ1) is 36.1. The van der Waals surface area contributed by atoms with Crippen molar-refractivity contribution in [3.8, 4) is 0 Å². The number of unbranched alkanes of at least 4 members (excludes halogenated alkanes) is 1. The predicted octanol–water partition coefficient (Wildman–Crippen LogP) is 10.8. The average molecular weight is 526 g/mol. The standard InChI is InChI=1S/C31H45N.2C2H6.CH3F/c1-6-8-9-27-13-15-28(16-14-27)22-26(5)12-19-31-30(29-17-10-25(4)11-18-29)23-32(31)21-20-24(3)7-2;3*1-2/h10-11,13-18,24,30-31H,5-9,12,19-23H2,1-4H3;2*1-2H3;1H3/t24-,30+,31?;;;/m0.../s1. The van der Waals surface area contributed by atoms with Crippen molar-refractivity contribution in [1.29, 1.82) is 0 Å². The van der Waals surface area contributed by atoms with Crippen molar-refractivity contribution in [3.05, 3.63) is 82.9 Å². The van der Waals surface area contributed by atoms with Crippen LogP contribution in [0.3, 0.4) is 0 Å². The van der Waals surface area contributed by atoms with Crippen LogP contribution in [0.4, 0.5) is 4.39 Å². The number of allylic oxidation sites excluding steroid dienone is 1. The highest BCUT2D eigenvalue weighted by atomic mass is 19.1. The van der Waals surface area contributed by atoms with Gasteiger partial charge in [-0.25, -0.2) is 0 Å². The van der Waals surface area contributed by atoms with Crippen LogP contribution in [0.15, 0.2) is 60.7 Å². The fraction of sp³-hybridized carbons (Fsp3) is 0.611. The van der Waals surface area contributed by atoms with E-state index in [-0.39, 0.29) is 0 Å². The van der Waals surface area contributed by atoms with Crippen LogP contribution in [-0.4, -0.2) is 31.2 Å². The normalized spacial score (nSPS) is 16.9. The molecule has 1 aliphatic rings. The zero-order chi connectivity index (χ0) is 28.9. The summed E-state index contributed by atoms with van der Waals surface area (Å²) in [5, 5.41) is 0. The van der Waals surface area contributed by atoms with Gasteiger partial charge in [0.2, 0.25) is 0 Å². The molecular weight excluding hydrogens is 465 g/mol. The summed E-state index contributed by atoms with van der Waals surface area (Å²) in [4.78, 5) is 2.74. The number of nitrogens with zero attached hydrogens (tertiary/aromatic N) is 1. The van der Waals surface area contributed by atoms with Gasteiger partial charge >= 0.3 is 0 Å². The zero-order valence-corrected chi connectivity index (χ0v) is 26.5. The van der Waals surface area contributed by atoms with Crippen LogP contribution in [-0.2, 0) is 12.8 Å². The minimum absolute atomic E-state index is 0.500. The maximum atomic E-state index is 9.50. The molecule has 1 aliphatic heterocycles. The van der Waals surface area contributed by atoms with Crippen molar-refractivity contribution in [2.24, 2.45) is 5.92 Å². The SMILES string of the molecule is C=C(CCC1[C@@H](c2ccc(C)cc2)CN1CC[C@@H](C)CC)Cc1ccc(CCCC)cc1.CC.CC.CF. The van der Waals surface area contributed by atoms with Crippen molar-refractivity contribution < 1.29 is 4.39 Å². The van der Waals surface area contributed by atoms with E-state index in [1.54, 1.807) is 0 Å². The van der Waals surface area contributed by atoms with Gasteiger partial charge < -0.3 is 0 Å². The zero-order valence-electron chi connectivity index (χ0n) is 26.5. The van der Waals surface area contributed by atoms with Crippen molar-refractivity contribution in [2.45, 2.75) is 119 Å². The van der Waals surface area contributed by atoms with Gasteiger partial charge in [-0.2, -0.15) is 0 Å². The van der Waals surface area contributed by atoms with Gasteiger partial charge in [0, 0.05) is 18.5 Å². The minimum atomic E-state index is 0.500. The van der Waals surface area contributed by atoms with Crippen LogP contribution in [0.1, 0.15) is 115 Å². The highest BCUT2D eigenvalue weighted by molar-refractivity contribution is 5.29. The quantitative estimate of drug-likeness (QED) is 0.235. The van der Waals surface area contributed by atoms with Gasteiger partial charge in [-0.3, -0.25) is 9.29 Å². The second-order valence-corrected chi connectivity index (χ2v) is 10.3. The van der Waals surface area contributed by atoms with Gasteiger partial charge in [0.15, 0.2) is 0 Å². The lowest BCUT2D eigenvalue weighted by Gasteiger charge is -2.49. The third kappa shape index (κ3) is 12.7. The summed E-state index contributed by atoms with van der Waals surface area (Å²) in [6.45, 7) is 24.1. The number of alkyl halides is 1. The fourth-order valence-corrected chi connectivity index (χ4v) is 4.93. The molecule has 38 heavy (non-hydrogen) atoms. The van der Waals surface area contributed by atoms with Crippen molar-refractivity contribution in [1.82, 2.24) is 4.90 Å². The Labute approximate surface area is 236 Å². The van der Waals surface area contributed by atoms with E-state index in [1.165, 1.54) is 79.4 Å². The molecule has 216 valence electrons. The van der Waals surface area contributed by atoms with Crippen LogP contribution in [0, 0.1) is 12.8 Å². The van der Waals surface area contributed by atoms with Crippen molar-refractivity contribution in [3.63, 3.8) is 0 Å². The Morgan fingerprint density at radius 1 is 0.947 bits per heavy atom. The topological polar surface area (TPSA) is 3.24 Å². The van der Waals surface area contributed by atoms with Gasteiger partial charge in [-0.05, 0) is 74.6 Å². The Hall–Kier alpha value is -1.93. The van der Waals surface area contributed by atoms with Gasteiger partial charge in [-0.15, -0.1) is 0 Å². The Kier molecular flexibility index (Phi) is 20.8. The maximum absolute atomic E-state index is 9.50. The molecule has 1 fully saturated rings. The molecule has 3 rings (SSSR count).